The molecule has 1 saturated heterocycles. The van der Waals surface area contributed by atoms with Gasteiger partial charge in [-0.1, -0.05) is 23.9 Å². The van der Waals surface area contributed by atoms with Gasteiger partial charge in [0.1, 0.15) is 10.6 Å². The number of thioether (sulfide) groups is 2. The Labute approximate surface area is 160 Å². The number of aromatic nitrogens is 2. The second kappa shape index (κ2) is 6.51. The van der Waals surface area contributed by atoms with Gasteiger partial charge in [-0.3, -0.25) is 14.8 Å². The number of hydrogen-bond acceptors (Lipinski definition) is 6. The minimum Gasteiger partial charge on any atom is -0.337 e. The van der Waals surface area contributed by atoms with Crippen LogP contribution in [-0.4, -0.2) is 39.8 Å². The molecular formula is C18H19N5OS2. The van der Waals surface area contributed by atoms with E-state index in [1.807, 2.05) is 40.0 Å². The van der Waals surface area contributed by atoms with Crippen LogP contribution in [0.4, 0.5) is 11.4 Å². The number of benzene rings is 1. The Morgan fingerprint density at radius 2 is 2.00 bits per heavy atom. The van der Waals surface area contributed by atoms with E-state index in [1.165, 1.54) is 16.7 Å². The minimum atomic E-state index is 0.0113. The van der Waals surface area contributed by atoms with Crippen molar-refractivity contribution in [1.29, 1.82) is 0 Å². The first-order chi connectivity index (χ1) is 12.5. The number of amidine groups is 1. The van der Waals surface area contributed by atoms with Crippen LogP contribution in [0.1, 0.15) is 18.3 Å². The Hall–Kier alpha value is -2.19. The molecule has 2 aliphatic heterocycles. The fourth-order valence-corrected chi connectivity index (χ4v) is 5.40. The van der Waals surface area contributed by atoms with Crippen molar-refractivity contribution in [3.63, 3.8) is 0 Å². The van der Waals surface area contributed by atoms with Crippen molar-refractivity contribution >= 4 is 46.0 Å². The zero-order valence-corrected chi connectivity index (χ0v) is 16.7. The van der Waals surface area contributed by atoms with Crippen LogP contribution in [0.3, 0.4) is 0 Å². The number of anilines is 1. The third-order valence-corrected chi connectivity index (χ3v) is 6.84. The standard InChI is InChI=1S/C18H19N5OS2/c1-5-23-16(24)15(17-22(4)12-8-6-7-9-13(12)25-17)26-18(23)19-14-10(2)20-21-11(14)3/h6-9H,5H2,1-4H3,(H,20,21)/b17-15-,19-18?. The van der Waals surface area contributed by atoms with E-state index in [1.54, 1.807) is 16.7 Å². The molecule has 26 heavy (non-hydrogen) atoms. The quantitative estimate of drug-likeness (QED) is 0.791. The number of hydrogen-bond donors (Lipinski definition) is 1. The number of rotatable bonds is 2. The molecule has 6 nitrogen and oxygen atoms in total. The summed E-state index contributed by atoms with van der Waals surface area (Å²) >= 11 is 3.08. The number of H-pyrrole nitrogens is 1. The van der Waals surface area contributed by atoms with Crippen LogP contribution >= 0.6 is 23.5 Å². The van der Waals surface area contributed by atoms with Gasteiger partial charge in [-0.25, -0.2) is 4.99 Å². The van der Waals surface area contributed by atoms with Gasteiger partial charge in [-0.05, 0) is 44.7 Å². The Morgan fingerprint density at radius 3 is 2.65 bits per heavy atom. The maximum atomic E-state index is 13.0. The molecule has 1 amide bonds. The van der Waals surface area contributed by atoms with Crippen molar-refractivity contribution in [3.8, 4) is 0 Å². The van der Waals surface area contributed by atoms with Crippen LogP contribution in [0.25, 0.3) is 0 Å². The molecule has 1 N–H and O–H groups in total. The predicted molar refractivity (Wildman–Crippen MR) is 108 cm³/mol. The summed E-state index contributed by atoms with van der Waals surface area (Å²) in [5, 5.41) is 8.81. The molecule has 0 atom stereocenters. The van der Waals surface area contributed by atoms with E-state index in [0.29, 0.717) is 11.7 Å². The Bertz CT molecular complexity index is 943. The van der Waals surface area contributed by atoms with Crippen molar-refractivity contribution in [2.45, 2.75) is 25.7 Å². The van der Waals surface area contributed by atoms with Crippen molar-refractivity contribution in [1.82, 2.24) is 15.1 Å². The summed E-state index contributed by atoms with van der Waals surface area (Å²) in [5.74, 6) is 0.0113. The van der Waals surface area contributed by atoms with Crippen LogP contribution < -0.4 is 4.90 Å². The van der Waals surface area contributed by atoms with E-state index in [9.17, 15) is 4.79 Å². The number of fused-ring (bicyclic) bond motifs is 1. The highest BCUT2D eigenvalue weighted by atomic mass is 32.2. The van der Waals surface area contributed by atoms with Gasteiger partial charge >= 0.3 is 0 Å². The smallest absolute Gasteiger partial charge is 0.269 e. The van der Waals surface area contributed by atoms with Gasteiger partial charge in [-0.15, -0.1) is 0 Å². The number of aromatic amines is 1. The lowest BCUT2D eigenvalue weighted by molar-refractivity contribution is -0.122. The third kappa shape index (κ3) is 2.64. The summed E-state index contributed by atoms with van der Waals surface area (Å²) in [7, 11) is 2.00. The van der Waals surface area contributed by atoms with Crippen molar-refractivity contribution in [3.05, 3.63) is 45.6 Å². The number of nitrogens with zero attached hydrogens (tertiary/aromatic N) is 4. The first-order valence-electron chi connectivity index (χ1n) is 8.36. The zero-order chi connectivity index (χ0) is 18.4. The summed E-state index contributed by atoms with van der Waals surface area (Å²) < 4.78 is 0. The molecule has 3 heterocycles. The summed E-state index contributed by atoms with van der Waals surface area (Å²) in [6, 6.07) is 8.19. The van der Waals surface area contributed by atoms with Gasteiger partial charge in [0.05, 0.1) is 22.1 Å². The maximum Gasteiger partial charge on any atom is 0.269 e. The molecule has 8 heteroatoms. The molecular weight excluding hydrogens is 366 g/mol. The second-order valence-electron chi connectivity index (χ2n) is 6.09. The number of amides is 1. The van der Waals surface area contributed by atoms with Gasteiger partial charge in [-0.2, -0.15) is 5.10 Å². The average molecular weight is 386 g/mol. The summed E-state index contributed by atoms with van der Waals surface area (Å²) in [4.78, 5) is 23.5. The van der Waals surface area contributed by atoms with Gasteiger partial charge < -0.3 is 4.90 Å². The van der Waals surface area contributed by atoms with Crippen LogP contribution in [0.2, 0.25) is 0 Å². The summed E-state index contributed by atoms with van der Waals surface area (Å²) in [5.41, 5.74) is 3.67. The molecule has 1 aromatic heterocycles. The normalized spacial score (nSPS) is 21.2. The molecule has 2 aliphatic rings. The Kier molecular flexibility index (Phi) is 4.32. The summed E-state index contributed by atoms with van der Waals surface area (Å²) in [6.45, 7) is 6.40. The van der Waals surface area contributed by atoms with Gasteiger partial charge in [0.25, 0.3) is 5.91 Å². The number of likely N-dealkylation sites (N-methyl/N-ethyl adjacent to an activating group) is 1. The SMILES string of the molecule is CCN1C(=O)/C(=C2/Sc3ccccc3N2C)SC1=Nc1c(C)n[nH]c1C. The van der Waals surface area contributed by atoms with E-state index >= 15 is 0 Å². The molecule has 134 valence electrons. The minimum absolute atomic E-state index is 0.0113. The summed E-state index contributed by atoms with van der Waals surface area (Å²) in [6.07, 6.45) is 0. The van der Waals surface area contributed by atoms with Crippen molar-refractivity contribution in [2.75, 3.05) is 18.5 Å². The monoisotopic (exact) mass is 385 g/mol. The van der Waals surface area contributed by atoms with Crippen LogP contribution in [-0.2, 0) is 4.79 Å². The fraction of sp³-hybridized carbons (Fsp3) is 0.278. The van der Waals surface area contributed by atoms with E-state index in [-0.39, 0.29) is 5.91 Å². The number of nitrogens with one attached hydrogen (secondary N) is 1. The number of aryl methyl sites for hydroxylation is 2. The van der Waals surface area contributed by atoms with Crippen molar-refractivity contribution in [2.24, 2.45) is 4.99 Å². The second-order valence-corrected chi connectivity index (χ2v) is 8.10. The average Bonchev–Trinajstić information content (AvgIpc) is 3.25. The highest BCUT2D eigenvalue weighted by molar-refractivity contribution is 8.19. The lowest BCUT2D eigenvalue weighted by Gasteiger charge is -2.15. The first kappa shape index (κ1) is 17.2. The fourth-order valence-electron chi connectivity index (χ4n) is 3.00. The van der Waals surface area contributed by atoms with E-state index in [4.69, 9.17) is 4.99 Å². The largest absolute Gasteiger partial charge is 0.337 e. The molecule has 0 radical (unpaired) electrons. The third-order valence-electron chi connectivity index (χ3n) is 4.41. The topological polar surface area (TPSA) is 64.6 Å². The molecule has 0 aliphatic carbocycles. The molecule has 0 bridgehead atoms. The predicted octanol–water partition coefficient (Wildman–Crippen LogP) is 4.02. The molecule has 1 fully saturated rings. The molecule has 0 unspecified atom stereocenters. The van der Waals surface area contributed by atoms with E-state index in [0.717, 1.165) is 32.7 Å². The van der Waals surface area contributed by atoms with Crippen molar-refractivity contribution < 1.29 is 4.79 Å². The Morgan fingerprint density at radius 1 is 1.23 bits per heavy atom. The Balaban J connectivity index is 1.76. The van der Waals surface area contributed by atoms with Gasteiger partial charge in [0.15, 0.2) is 5.17 Å². The molecule has 1 aromatic carbocycles. The van der Waals surface area contributed by atoms with Gasteiger partial charge in [0, 0.05) is 18.5 Å². The molecule has 4 rings (SSSR count). The number of aliphatic imine (C=N–C) groups is 1. The van der Waals surface area contributed by atoms with Crippen LogP contribution in [0.15, 0.2) is 44.1 Å². The van der Waals surface area contributed by atoms with E-state index in [2.05, 4.69) is 27.2 Å². The lowest BCUT2D eigenvalue weighted by Crippen LogP contribution is -2.29. The highest BCUT2D eigenvalue weighted by Gasteiger charge is 2.38. The zero-order valence-electron chi connectivity index (χ0n) is 15.0. The lowest BCUT2D eigenvalue weighted by atomic mass is 10.3. The van der Waals surface area contributed by atoms with Crippen LogP contribution in [0, 0.1) is 13.8 Å². The van der Waals surface area contributed by atoms with Gasteiger partial charge in [0.2, 0.25) is 0 Å². The molecule has 2 aromatic rings. The first-order valence-corrected chi connectivity index (χ1v) is 9.99. The highest BCUT2D eigenvalue weighted by Crippen LogP contribution is 2.49. The van der Waals surface area contributed by atoms with Crippen LogP contribution in [0.5, 0.6) is 0 Å². The van der Waals surface area contributed by atoms with E-state index < -0.39 is 0 Å². The number of carbonyl (C=O) groups excluding carboxylic acids is 1. The number of carbonyl (C=O) groups is 1. The molecule has 0 spiro atoms. The molecule has 0 saturated carbocycles. The number of para-hydroxylation sites is 1. The maximum absolute atomic E-state index is 13.0.